The number of halogens is 2. The van der Waals surface area contributed by atoms with E-state index in [1.807, 2.05) is 38.1 Å². The Bertz CT molecular complexity index is 1340. The lowest BCUT2D eigenvalue weighted by Crippen LogP contribution is -2.21. The predicted octanol–water partition coefficient (Wildman–Crippen LogP) is 6.21. The number of amides is 1. The Morgan fingerprint density at radius 1 is 0.971 bits per heavy atom. The first-order valence-corrected chi connectivity index (χ1v) is 12.2. The number of aryl methyl sites for hydroxylation is 2. The second-order valence-electron chi connectivity index (χ2n) is 8.20. The third-order valence-corrected chi connectivity index (χ3v) is 6.25. The number of nitrogens with zero attached hydrogens (tertiary/aromatic N) is 4. The van der Waals surface area contributed by atoms with Crippen molar-refractivity contribution in [2.24, 2.45) is 0 Å². The van der Waals surface area contributed by atoms with Gasteiger partial charge < -0.3 is 15.0 Å². The van der Waals surface area contributed by atoms with Gasteiger partial charge in [0.1, 0.15) is 16.8 Å². The van der Waals surface area contributed by atoms with Crippen molar-refractivity contribution >= 4 is 51.5 Å². The number of fused-ring (bicyclic) bond motifs is 1. The van der Waals surface area contributed by atoms with Crippen LogP contribution in [0.5, 0.6) is 5.75 Å². The van der Waals surface area contributed by atoms with E-state index in [0.29, 0.717) is 27.0 Å². The minimum atomic E-state index is -0.308. The van der Waals surface area contributed by atoms with Gasteiger partial charge in [0.25, 0.3) is 5.91 Å². The molecule has 0 fully saturated rings. The average Bonchev–Trinajstić information content (AvgIpc) is 3.22. The average molecular weight is 512 g/mol. The molecule has 182 valence electrons. The predicted molar refractivity (Wildman–Crippen MR) is 142 cm³/mol. The van der Waals surface area contributed by atoms with E-state index in [4.69, 9.17) is 27.9 Å². The smallest absolute Gasteiger partial charge is 0.262 e. The maximum Gasteiger partial charge on any atom is 0.262 e. The van der Waals surface area contributed by atoms with E-state index in [9.17, 15) is 4.79 Å². The zero-order valence-corrected chi connectivity index (χ0v) is 21.6. The topological polar surface area (TPSA) is 72.3 Å². The number of rotatable bonds is 8. The summed E-state index contributed by atoms with van der Waals surface area (Å²) >= 11 is 12.2. The number of carbonyl (C=O) groups excluding carboxylic acids is 1. The van der Waals surface area contributed by atoms with Gasteiger partial charge in [-0.1, -0.05) is 23.2 Å². The Balaban J connectivity index is 1.49. The number of hydrogen-bond donors (Lipinski definition) is 1. The summed E-state index contributed by atoms with van der Waals surface area (Å²) in [6, 6.07) is 15.2. The summed E-state index contributed by atoms with van der Waals surface area (Å²) in [6.45, 7) is 9.72. The van der Waals surface area contributed by atoms with Crippen molar-refractivity contribution in [2.75, 3.05) is 29.9 Å². The number of anilines is 2. The highest BCUT2D eigenvalue weighted by atomic mass is 35.5. The maximum atomic E-state index is 12.6. The van der Waals surface area contributed by atoms with Gasteiger partial charge in [-0.3, -0.25) is 4.79 Å². The molecule has 0 saturated heterocycles. The summed E-state index contributed by atoms with van der Waals surface area (Å²) in [5.74, 6) is 0.130. The van der Waals surface area contributed by atoms with Crippen LogP contribution in [0.4, 0.5) is 11.4 Å². The van der Waals surface area contributed by atoms with E-state index in [0.717, 1.165) is 41.1 Å². The van der Waals surface area contributed by atoms with E-state index in [1.54, 1.807) is 16.9 Å². The fraction of sp³-hybridized carbons (Fsp3) is 0.269. The van der Waals surface area contributed by atoms with Gasteiger partial charge >= 0.3 is 0 Å². The molecule has 0 aliphatic heterocycles. The van der Waals surface area contributed by atoms with E-state index in [1.165, 1.54) is 0 Å². The Morgan fingerprint density at radius 2 is 1.63 bits per heavy atom. The minimum Gasteiger partial charge on any atom is -0.482 e. The molecule has 0 unspecified atom stereocenters. The van der Waals surface area contributed by atoms with Crippen LogP contribution < -0.4 is 15.0 Å². The van der Waals surface area contributed by atoms with Crippen molar-refractivity contribution in [1.82, 2.24) is 15.0 Å². The van der Waals surface area contributed by atoms with Crippen LogP contribution in [-0.2, 0) is 4.79 Å². The van der Waals surface area contributed by atoms with E-state index >= 15 is 0 Å². The van der Waals surface area contributed by atoms with Crippen molar-refractivity contribution < 1.29 is 9.53 Å². The molecule has 0 bridgehead atoms. The fourth-order valence-electron chi connectivity index (χ4n) is 3.90. The molecule has 1 aromatic heterocycles. The summed E-state index contributed by atoms with van der Waals surface area (Å²) in [4.78, 5) is 16.5. The van der Waals surface area contributed by atoms with Crippen LogP contribution in [0.1, 0.15) is 25.0 Å². The van der Waals surface area contributed by atoms with E-state index < -0.39 is 0 Å². The maximum absolute atomic E-state index is 12.6. The van der Waals surface area contributed by atoms with Crippen LogP contribution in [0, 0.1) is 13.8 Å². The zero-order valence-electron chi connectivity index (χ0n) is 20.1. The Labute approximate surface area is 214 Å². The molecular formula is C26H27Cl2N5O2. The second-order valence-corrected chi connectivity index (χ2v) is 9.05. The molecule has 0 atom stereocenters. The number of hydrogen-bond acceptors (Lipinski definition) is 5. The first-order valence-electron chi connectivity index (χ1n) is 11.4. The number of carbonyl (C=O) groups is 1. The monoisotopic (exact) mass is 511 g/mol. The van der Waals surface area contributed by atoms with Crippen LogP contribution in [0.25, 0.3) is 16.7 Å². The van der Waals surface area contributed by atoms with E-state index in [-0.39, 0.29) is 12.5 Å². The summed E-state index contributed by atoms with van der Waals surface area (Å²) in [7, 11) is 0. The van der Waals surface area contributed by atoms with Gasteiger partial charge in [0.15, 0.2) is 6.61 Å². The Hall–Kier alpha value is -3.29. The van der Waals surface area contributed by atoms with Crippen LogP contribution in [0.2, 0.25) is 10.0 Å². The lowest BCUT2D eigenvalue weighted by Gasteiger charge is -2.20. The van der Waals surface area contributed by atoms with Gasteiger partial charge in [-0.2, -0.15) is 4.80 Å². The van der Waals surface area contributed by atoms with Gasteiger partial charge in [0.05, 0.1) is 10.7 Å². The summed E-state index contributed by atoms with van der Waals surface area (Å²) in [5, 5.41) is 13.0. The molecule has 3 aromatic carbocycles. The Morgan fingerprint density at radius 3 is 2.26 bits per heavy atom. The fourth-order valence-corrected chi connectivity index (χ4v) is 4.55. The van der Waals surface area contributed by atoms with Crippen molar-refractivity contribution in [2.45, 2.75) is 27.7 Å². The van der Waals surface area contributed by atoms with Crippen molar-refractivity contribution in [1.29, 1.82) is 0 Å². The molecule has 1 heterocycles. The van der Waals surface area contributed by atoms with Crippen LogP contribution in [0.3, 0.4) is 0 Å². The second kappa shape index (κ2) is 10.5. The Kier molecular flexibility index (Phi) is 7.48. The molecule has 7 nitrogen and oxygen atoms in total. The molecule has 0 saturated carbocycles. The molecule has 0 spiro atoms. The molecule has 4 aromatic rings. The molecule has 4 rings (SSSR count). The first-order chi connectivity index (χ1) is 16.8. The molecule has 9 heteroatoms. The molecule has 0 aliphatic carbocycles. The number of benzene rings is 3. The van der Waals surface area contributed by atoms with Crippen molar-refractivity contribution in [3.05, 3.63) is 69.7 Å². The van der Waals surface area contributed by atoms with Crippen LogP contribution in [-0.4, -0.2) is 40.6 Å². The quantitative estimate of drug-likeness (QED) is 0.304. The highest BCUT2D eigenvalue weighted by Crippen LogP contribution is 2.32. The van der Waals surface area contributed by atoms with Gasteiger partial charge in [0, 0.05) is 29.5 Å². The number of nitrogens with one attached hydrogen (secondary N) is 1. The largest absolute Gasteiger partial charge is 0.482 e. The van der Waals surface area contributed by atoms with Crippen LogP contribution >= 0.6 is 23.2 Å². The standard InChI is InChI=1S/C26H27Cl2N5O2/c1-5-32(6-2)19-7-9-20(10-8-19)33-30-23-12-16(3)22(14-24(23)31-33)29-25(34)15-35-26-17(4)11-18(27)13-21(26)28/h7-14H,5-6,15H2,1-4H3,(H,29,34). The minimum absolute atomic E-state index is 0.189. The molecule has 1 N–H and O–H groups in total. The SMILES string of the molecule is CCN(CC)c1ccc(-n2nc3cc(C)c(NC(=O)COc4c(C)cc(Cl)cc4Cl)cc3n2)cc1. The molecule has 0 aliphatic rings. The van der Waals surface area contributed by atoms with E-state index in [2.05, 4.69) is 46.4 Å². The number of aromatic nitrogens is 3. The number of ether oxygens (including phenoxy) is 1. The molecule has 0 radical (unpaired) electrons. The zero-order chi connectivity index (χ0) is 25.1. The highest BCUT2D eigenvalue weighted by molar-refractivity contribution is 6.35. The van der Waals surface area contributed by atoms with Gasteiger partial charge in [-0.05, 0) is 87.4 Å². The highest BCUT2D eigenvalue weighted by Gasteiger charge is 2.14. The van der Waals surface area contributed by atoms with Gasteiger partial charge in [0.2, 0.25) is 0 Å². The van der Waals surface area contributed by atoms with Crippen LogP contribution in [0.15, 0.2) is 48.5 Å². The molecular weight excluding hydrogens is 485 g/mol. The van der Waals surface area contributed by atoms with Gasteiger partial charge in [-0.15, -0.1) is 10.2 Å². The molecule has 1 amide bonds. The molecule has 35 heavy (non-hydrogen) atoms. The summed E-state index contributed by atoms with van der Waals surface area (Å²) in [5.41, 5.74) is 5.72. The van der Waals surface area contributed by atoms with Gasteiger partial charge in [-0.25, -0.2) is 0 Å². The third kappa shape index (κ3) is 5.52. The van der Waals surface area contributed by atoms with Crippen molar-refractivity contribution in [3.8, 4) is 11.4 Å². The first kappa shape index (κ1) is 24.8. The lowest BCUT2D eigenvalue weighted by molar-refractivity contribution is -0.118. The van der Waals surface area contributed by atoms with Crippen molar-refractivity contribution in [3.63, 3.8) is 0 Å². The summed E-state index contributed by atoms with van der Waals surface area (Å²) in [6.07, 6.45) is 0. The third-order valence-electron chi connectivity index (χ3n) is 5.75. The lowest BCUT2D eigenvalue weighted by atomic mass is 10.1. The summed E-state index contributed by atoms with van der Waals surface area (Å²) < 4.78 is 5.65. The normalized spacial score (nSPS) is 11.0.